The minimum atomic E-state index is -5.97. The molecule has 0 aliphatic heterocycles. The summed E-state index contributed by atoms with van der Waals surface area (Å²) in [5, 5.41) is 0. The van der Waals surface area contributed by atoms with Crippen LogP contribution in [0.1, 0.15) is 0 Å². The van der Waals surface area contributed by atoms with Gasteiger partial charge in [-0.2, -0.15) is 0 Å². The van der Waals surface area contributed by atoms with E-state index in [0.717, 1.165) is 89.0 Å². The van der Waals surface area contributed by atoms with Crippen LogP contribution in [0.2, 0.25) is 0 Å². The van der Waals surface area contributed by atoms with Crippen molar-refractivity contribution < 1.29 is 31.4 Å². The summed E-state index contributed by atoms with van der Waals surface area (Å²) in [4.78, 5) is 0. The number of benzene rings is 12. The van der Waals surface area contributed by atoms with Gasteiger partial charge in [-0.15, -0.1) is 0 Å². The topological polar surface area (TPSA) is 36.9 Å². The molecule has 12 rings (SSSR count). The van der Waals surface area contributed by atoms with Crippen molar-refractivity contribution in [1.29, 1.82) is 0 Å². The van der Waals surface area contributed by atoms with E-state index in [1.165, 1.54) is 0 Å². The summed E-state index contributed by atoms with van der Waals surface area (Å²) in [6, 6.07) is 108. The zero-order valence-corrected chi connectivity index (χ0v) is 43.7. The van der Waals surface area contributed by atoms with Gasteiger partial charge in [0.15, 0.2) is 0 Å². The van der Waals surface area contributed by atoms with E-state index >= 15 is 0 Å². The first-order chi connectivity index (χ1) is 38.2. The van der Waals surface area contributed by atoms with Gasteiger partial charge >= 0.3 is 459 Å². The van der Waals surface area contributed by atoms with Gasteiger partial charge in [0.2, 0.25) is 0 Å². The normalized spacial score (nSPS) is 11.1. The van der Waals surface area contributed by atoms with Gasteiger partial charge < -0.3 is 0 Å². The third kappa shape index (κ3) is 10.5. The van der Waals surface area contributed by atoms with Gasteiger partial charge in [-0.3, -0.25) is 0 Å². The van der Waals surface area contributed by atoms with Crippen molar-refractivity contribution in [3.05, 3.63) is 315 Å². The van der Waals surface area contributed by atoms with Crippen LogP contribution in [0.15, 0.2) is 315 Å². The SMILES string of the molecule is c1ccc(-c2cccc(-c3ccccc3)c2[O][Ti]([O]c2c(-c3ccccc3)cccc2-c2ccccc2)([O]c2c(-c3ccccc3)cccc2-c2ccccc2)[O]c2c(-c3ccccc3)cccc2-c2ccccc2)cc1. The molecule has 0 bridgehead atoms. The van der Waals surface area contributed by atoms with E-state index in [1.54, 1.807) is 0 Å². The van der Waals surface area contributed by atoms with Crippen LogP contribution in [0.25, 0.3) is 89.0 Å². The molecule has 0 spiro atoms. The monoisotopic (exact) mass is 1030 g/mol. The predicted molar refractivity (Wildman–Crippen MR) is 312 cm³/mol. The number of hydrogen-bond acceptors (Lipinski definition) is 4. The van der Waals surface area contributed by atoms with Crippen molar-refractivity contribution >= 4 is 0 Å². The second-order valence-corrected chi connectivity index (χ2v) is 21.4. The fourth-order valence-corrected chi connectivity index (χ4v) is 13.3. The molecule has 0 N–H and O–H groups in total. The van der Waals surface area contributed by atoms with Gasteiger partial charge in [0.1, 0.15) is 0 Å². The summed E-state index contributed by atoms with van der Waals surface area (Å²) in [5.41, 5.74) is 14.4. The third-order valence-electron chi connectivity index (χ3n) is 13.6. The average Bonchev–Trinajstić information content (AvgIpc) is 3.53. The molecule has 0 aliphatic rings. The molecule has 12 aromatic carbocycles. The van der Waals surface area contributed by atoms with Crippen molar-refractivity contribution in [2.75, 3.05) is 0 Å². The average molecular weight is 1030 g/mol. The maximum absolute atomic E-state index is 8.25. The molecule has 0 heterocycles. The number of para-hydroxylation sites is 4. The predicted octanol–water partition coefficient (Wildman–Crippen LogP) is 19.5. The Morgan fingerprint density at radius 1 is 0.143 bits per heavy atom. The van der Waals surface area contributed by atoms with Crippen molar-refractivity contribution in [3.8, 4) is 112 Å². The standard InChI is InChI=1S/4C18H14O.Ti/c4*19-18-16(14-8-3-1-4-9-14)12-7-13-17(18)15-10-5-2-6-11-15;/h4*1-13,19H;/q;;;;+4/p-4. The fourth-order valence-electron chi connectivity index (χ4n) is 9.97. The molecule has 0 unspecified atom stereocenters. The first-order valence-corrected chi connectivity index (χ1v) is 28.4. The first-order valence-electron chi connectivity index (χ1n) is 25.9. The Morgan fingerprint density at radius 2 is 0.273 bits per heavy atom. The summed E-state index contributed by atoms with van der Waals surface area (Å²) >= 11 is -5.97. The summed E-state index contributed by atoms with van der Waals surface area (Å²) in [5.74, 6) is 2.22. The van der Waals surface area contributed by atoms with Gasteiger partial charge in [-0.1, -0.05) is 0 Å². The van der Waals surface area contributed by atoms with Crippen molar-refractivity contribution in [2.45, 2.75) is 0 Å². The van der Waals surface area contributed by atoms with Gasteiger partial charge in [0.25, 0.3) is 0 Å². The van der Waals surface area contributed by atoms with Gasteiger partial charge in [-0.05, 0) is 0 Å². The van der Waals surface area contributed by atoms with Gasteiger partial charge in [-0.25, -0.2) is 0 Å². The summed E-state index contributed by atoms with van der Waals surface area (Å²) in [6.07, 6.45) is 0. The second kappa shape index (κ2) is 22.6. The molecule has 0 atom stereocenters. The minimum absolute atomic E-state index is 0.556. The Kier molecular flexibility index (Phi) is 14.2. The van der Waals surface area contributed by atoms with E-state index in [4.69, 9.17) is 13.3 Å². The van der Waals surface area contributed by atoms with Crippen molar-refractivity contribution in [1.82, 2.24) is 0 Å². The van der Waals surface area contributed by atoms with Crippen LogP contribution in [0.4, 0.5) is 0 Å². The Labute approximate surface area is 456 Å². The summed E-state index contributed by atoms with van der Waals surface area (Å²) in [7, 11) is 0. The Bertz CT molecular complexity index is 3130. The molecule has 0 aromatic heterocycles. The van der Waals surface area contributed by atoms with Crippen LogP contribution in [0, 0.1) is 0 Å². The molecule has 5 heteroatoms. The quantitative estimate of drug-likeness (QED) is 0.0904. The number of rotatable bonds is 16. The van der Waals surface area contributed by atoms with Crippen LogP contribution in [0.5, 0.6) is 23.0 Å². The van der Waals surface area contributed by atoms with Crippen molar-refractivity contribution in [3.63, 3.8) is 0 Å². The van der Waals surface area contributed by atoms with E-state index < -0.39 is 18.1 Å². The van der Waals surface area contributed by atoms with E-state index in [0.29, 0.717) is 23.0 Å². The van der Waals surface area contributed by atoms with Crippen molar-refractivity contribution in [2.24, 2.45) is 0 Å². The van der Waals surface area contributed by atoms with E-state index in [9.17, 15) is 0 Å². The van der Waals surface area contributed by atoms with E-state index in [-0.39, 0.29) is 0 Å². The molecule has 0 amide bonds. The van der Waals surface area contributed by atoms with Gasteiger partial charge in [0, 0.05) is 0 Å². The van der Waals surface area contributed by atoms with E-state index in [1.807, 2.05) is 48.5 Å². The number of hydrogen-bond donors (Lipinski definition) is 0. The first kappa shape index (κ1) is 48.5. The molecule has 77 heavy (non-hydrogen) atoms. The molecule has 12 aromatic rings. The van der Waals surface area contributed by atoms with Crippen LogP contribution < -0.4 is 13.3 Å². The Hall–Kier alpha value is -9.45. The summed E-state index contributed by atoms with van der Waals surface area (Å²) in [6.45, 7) is 0. The fraction of sp³-hybridized carbons (Fsp3) is 0. The second-order valence-electron chi connectivity index (χ2n) is 18.6. The molecule has 368 valence electrons. The molecular weight excluding hydrogens is 977 g/mol. The van der Waals surface area contributed by atoms with Crippen LogP contribution in [-0.2, 0) is 18.1 Å². The van der Waals surface area contributed by atoms with Crippen LogP contribution >= 0.6 is 0 Å². The third-order valence-corrected chi connectivity index (χ3v) is 16.5. The van der Waals surface area contributed by atoms with Crippen LogP contribution in [-0.4, -0.2) is 0 Å². The molecular formula is C72H52O4Ti. The molecule has 0 aliphatic carbocycles. The zero-order chi connectivity index (χ0) is 51.6. The summed E-state index contributed by atoms with van der Waals surface area (Å²) < 4.78 is 33.0. The van der Waals surface area contributed by atoms with Gasteiger partial charge in [0.05, 0.1) is 0 Å². The molecule has 0 saturated carbocycles. The Balaban J connectivity index is 1.24. The molecule has 0 saturated heterocycles. The molecule has 4 nitrogen and oxygen atoms in total. The Morgan fingerprint density at radius 3 is 0.403 bits per heavy atom. The molecule has 0 fully saturated rings. The van der Waals surface area contributed by atoms with Crippen LogP contribution in [0.3, 0.4) is 0 Å². The van der Waals surface area contributed by atoms with E-state index in [2.05, 4.69) is 267 Å². The zero-order valence-electron chi connectivity index (χ0n) is 42.2. The molecule has 0 radical (unpaired) electrons. The maximum atomic E-state index is 8.25.